The van der Waals surface area contributed by atoms with Crippen LogP contribution >= 0.6 is 0 Å². The molecule has 0 atom stereocenters. The number of hydrogen-bond donors (Lipinski definition) is 1. The first-order valence-corrected chi connectivity index (χ1v) is 7.20. The number of anilines is 1. The van der Waals surface area contributed by atoms with Gasteiger partial charge >= 0.3 is 0 Å². The number of fused-ring (bicyclic) bond motifs is 1. The molecule has 1 saturated heterocycles. The third-order valence-electron chi connectivity index (χ3n) is 4.04. The van der Waals surface area contributed by atoms with Gasteiger partial charge in [0, 0.05) is 37.6 Å². The van der Waals surface area contributed by atoms with Gasteiger partial charge in [0.05, 0.1) is 0 Å². The van der Waals surface area contributed by atoms with Crippen LogP contribution in [0.15, 0.2) is 12.1 Å². The van der Waals surface area contributed by atoms with Crippen molar-refractivity contribution in [2.45, 2.75) is 25.4 Å². The molecule has 0 amide bonds. The molecule has 0 radical (unpaired) electrons. The molecule has 110 valence electrons. The summed E-state index contributed by atoms with van der Waals surface area (Å²) in [5, 5.41) is 0. The lowest BCUT2D eigenvalue weighted by Gasteiger charge is -2.31. The van der Waals surface area contributed by atoms with Gasteiger partial charge in [-0.3, -0.25) is 4.90 Å². The molecule has 0 aromatic heterocycles. The van der Waals surface area contributed by atoms with Gasteiger partial charge in [0.25, 0.3) is 0 Å². The Morgan fingerprint density at radius 2 is 1.75 bits per heavy atom. The van der Waals surface area contributed by atoms with Gasteiger partial charge in [-0.25, -0.2) is 0 Å². The van der Waals surface area contributed by atoms with E-state index in [2.05, 4.69) is 11.9 Å². The van der Waals surface area contributed by atoms with Crippen molar-refractivity contribution < 1.29 is 14.2 Å². The smallest absolute Gasteiger partial charge is 0.163 e. The summed E-state index contributed by atoms with van der Waals surface area (Å²) >= 11 is 0. The number of rotatable bonds is 3. The topological polar surface area (TPSA) is 57.0 Å². The normalized spacial score (nSPS) is 19.3. The number of ether oxygens (including phenoxy) is 3. The molecule has 1 aromatic rings. The lowest BCUT2D eigenvalue weighted by molar-refractivity contribution is 0.0407. The third-order valence-corrected chi connectivity index (χ3v) is 4.04. The molecule has 2 aliphatic rings. The van der Waals surface area contributed by atoms with E-state index in [9.17, 15) is 0 Å². The fraction of sp³-hybridized carbons (Fsp3) is 0.600. The summed E-state index contributed by atoms with van der Waals surface area (Å²) in [6.07, 6.45) is 2.17. The van der Waals surface area contributed by atoms with Crippen LogP contribution in [-0.2, 0) is 11.3 Å². The van der Waals surface area contributed by atoms with Crippen molar-refractivity contribution in [3.63, 3.8) is 0 Å². The van der Waals surface area contributed by atoms with E-state index in [-0.39, 0.29) is 0 Å². The van der Waals surface area contributed by atoms with Crippen LogP contribution in [0.25, 0.3) is 0 Å². The Labute approximate surface area is 119 Å². The van der Waals surface area contributed by atoms with E-state index in [0.29, 0.717) is 19.3 Å². The van der Waals surface area contributed by atoms with Gasteiger partial charge < -0.3 is 19.9 Å². The second-order valence-corrected chi connectivity index (χ2v) is 5.45. The Bertz CT molecular complexity index is 472. The Kier molecular flexibility index (Phi) is 3.98. The van der Waals surface area contributed by atoms with E-state index in [1.807, 2.05) is 12.1 Å². The molecule has 5 nitrogen and oxygen atoms in total. The molecule has 20 heavy (non-hydrogen) atoms. The molecule has 3 rings (SSSR count). The number of nitrogens with two attached hydrogens (primary N) is 1. The Morgan fingerprint density at radius 1 is 1.10 bits per heavy atom. The maximum atomic E-state index is 6.14. The summed E-state index contributed by atoms with van der Waals surface area (Å²) in [4.78, 5) is 2.35. The van der Waals surface area contributed by atoms with E-state index >= 15 is 0 Å². The van der Waals surface area contributed by atoms with E-state index in [0.717, 1.165) is 55.4 Å². The fourth-order valence-electron chi connectivity index (χ4n) is 2.81. The quantitative estimate of drug-likeness (QED) is 0.852. The molecule has 5 heteroatoms. The SMILES string of the molecule is CN(Cc1cc2c(cc1N)OCCO2)C1CCOCC1. The second-order valence-electron chi connectivity index (χ2n) is 5.45. The number of benzene rings is 1. The summed E-state index contributed by atoms with van der Waals surface area (Å²) in [5.74, 6) is 1.56. The van der Waals surface area contributed by atoms with Gasteiger partial charge in [0.15, 0.2) is 11.5 Å². The highest BCUT2D eigenvalue weighted by Gasteiger charge is 2.20. The van der Waals surface area contributed by atoms with E-state index in [1.165, 1.54) is 0 Å². The van der Waals surface area contributed by atoms with E-state index in [1.54, 1.807) is 0 Å². The molecule has 2 aliphatic heterocycles. The highest BCUT2D eigenvalue weighted by atomic mass is 16.6. The number of nitrogens with zero attached hydrogens (tertiary/aromatic N) is 1. The van der Waals surface area contributed by atoms with Crippen molar-refractivity contribution in [2.24, 2.45) is 0 Å². The van der Waals surface area contributed by atoms with Gasteiger partial charge in [-0.1, -0.05) is 0 Å². The van der Waals surface area contributed by atoms with Crippen LogP contribution in [0.5, 0.6) is 11.5 Å². The standard InChI is InChI=1S/C15H22N2O3/c1-17(12-2-4-18-5-3-12)10-11-8-14-15(9-13(11)16)20-7-6-19-14/h8-9,12H,2-7,10,16H2,1H3. The van der Waals surface area contributed by atoms with E-state index < -0.39 is 0 Å². The molecular formula is C15H22N2O3. The summed E-state index contributed by atoms with van der Waals surface area (Å²) in [5.41, 5.74) is 8.01. The van der Waals surface area contributed by atoms with Gasteiger partial charge in [-0.2, -0.15) is 0 Å². The predicted molar refractivity (Wildman–Crippen MR) is 77.2 cm³/mol. The molecule has 0 saturated carbocycles. The Hall–Kier alpha value is -1.46. The maximum absolute atomic E-state index is 6.14. The molecule has 2 N–H and O–H groups in total. The number of hydrogen-bond acceptors (Lipinski definition) is 5. The highest BCUT2D eigenvalue weighted by Crippen LogP contribution is 2.35. The van der Waals surface area contributed by atoms with Crippen LogP contribution < -0.4 is 15.2 Å². The summed E-state index contributed by atoms with van der Waals surface area (Å²) in [6, 6.07) is 4.46. The van der Waals surface area contributed by atoms with Crippen LogP contribution in [0, 0.1) is 0 Å². The van der Waals surface area contributed by atoms with Crippen molar-refractivity contribution >= 4 is 5.69 Å². The van der Waals surface area contributed by atoms with Crippen molar-refractivity contribution in [1.29, 1.82) is 0 Å². The lowest BCUT2D eigenvalue weighted by Crippen LogP contribution is -2.36. The molecule has 0 aliphatic carbocycles. The summed E-state index contributed by atoms with van der Waals surface area (Å²) in [6.45, 7) is 3.73. The average molecular weight is 278 g/mol. The summed E-state index contributed by atoms with van der Waals surface area (Å²) < 4.78 is 16.6. The van der Waals surface area contributed by atoms with Gasteiger partial charge in [0.1, 0.15) is 13.2 Å². The molecule has 0 bridgehead atoms. The Balaban J connectivity index is 1.73. The second kappa shape index (κ2) is 5.89. The predicted octanol–water partition coefficient (Wildman–Crippen LogP) is 1.65. The van der Waals surface area contributed by atoms with Crippen LogP contribution in [0.2, 0.25) is 0 Å². The van der Waals surface area contributed by atoms with Crippen LogP contribution in [0.4, 0.5) is 5.69 Å². The molecule has 0 unspecified atom stereocenters. The zero-order chi connectivity index (χ0) is 13.9. The number of nitrogen functional groups attached to an aromatic ring is 1. The third kappa shape index (κ3) is 2.83. The first-order chi connectivity index (χ1) is 9.74. The van der Waals surface area contributed by atoms with Crippen molar-refractivity contribution in [3.8, 4) is 11.5 Å². The Morgan fingerprint density at radius 3 is 2.45 bits per heavy atom. The molecule has 2 heterocycles. The van der Waals surface area contributed by atoms with Crippen LogP contribution in [0.1, 0.15) is 18.4 Å². The maximum Gasteiger partial charge on any atom is 0.163 e. The minimum atomic E-state index is 0.566. The fourth-order valence-corrected chi connectivity index (χ4v) is 2.81. The lowest BCUT2D eigenvalue weighted by atomic mass is 10.1. The molecular weight excluding hydrogens is 256 g/mol. The highest BCUT2D eigenvalue weighted by molar-refractivity contribution is 5.58. The first kappa shape index (κ1) is 13.5. The minimum absolute atomic E-state index is 0.566. The van der Waals surface area contributed by atoms with Crippen LogP contribution in [-0.4, -0.2) is 44.4 Å². The molecule has 1 aromatic carbocycles. The molecule has 0 spiro atoms. The minimum Gasteiger partial charge on any atom is -0.486 e. The monoisotopic (exact) mass is 278 g/mol. The summed E-state index contributed by atoms with van der Waals surface area (Å²) in [7, 11) is 2.15. The zero-order valence-corrected chi connectivity index (χ0v) is 11.9. The molecule has 1 fully saturated rings. The van der Waals surface area contributed by atoms with E-state index in [4.69, 9.17) is 19.9 Å². The average Bonchev–Trinajstić information content (AvgIpc) is 2.49. The van der Waals surface area contributed by atoms with Crippen molar-refractivity contribution in [3.05, 3.63) is 17.7 Å². The van der Waals surface area contributed by atoms with Crippen molar-refractivity contribution in [1.82, 2.24) is 4.90 Å². The van der Waals surface area contributed by atoms with Crippen molar-refractivity contribution in [2.75, 3.05) is 39.2 Å². The van der Waals surface area contributed by atoms with Crippen LogP contribution in [0.3, 0.4) is 0 Å². The first-order valence-electron chi connectivity index (χ1n) is 7.20. The van der Waals surface area contributed by atoms with Gasteiger partial charge in [0.2, 0.25) is 0 Å². The van der Waals surface area contributed by atoms with Gasteiger partial charge in [-0.15, -0.1) is 0 Å². The van der Waals surface area contributed by atoms with Gasteiger partial charge in [-0.05, 0) is 31.5 Å². The zero-order valence-electron chi connectivity index (χ0n) is 11.9. The largest absolute Gasteiger partial charge is 0.486 e.